The summed E-state index contributed by atoms with van der Waals surface area (Å²) < 4.78 is 5.37. The van der Waals surface area contributed by atoms with Gasteiger partial charge in [-0.25, -0.2) is 9.59 Å². The van der Waals surface area contributed by atoms with Gasteiger partial charge in [0.05, 0.1) is 0 Å². The van der Waals surface area contributed by atoms with E-state index in [9.17, 15) is 9.59 Å². The van der Waals surface area contributed by atoms with E-state index in [1.54, 1.807) is 11.9 Å². The molecule has 0 spiro atoms. The maximum Gasteiger partial charge on any atom is 0.410 e. The highest BCUT2D eigenvalue weighted by Crippen LogP contribution is 2.27. The van der Waals surface area contributed by atoms with Crippen LogP contribution in [0, 0.1) is 0 Å². The van der Waals surface area contributed by atoms with Crippen LogP contribution in [0.2, 0.25) is 0 Å². The lowest BCUT2D eigenvalue weighted by Crippen LogP contribution is -2.33. The van der Waals surface area contributed by atoms with Crippen LogP contribution in [-0.4, -0.2) is 29.7 Å². The number of benzene rings is 1. The van der Waals surface area contributed by atoms with E-state index in [4.69, 9.17) is 4.74 Å². The smallest absolute Gasteiger partial charge is 0.410 e. The first-order valence-corrected chi connectivity index (χ1v) is 6.87. The fourth-order valence-corrected chi connectivity index (χ4v) is 2.12. The Hall–Kier alpha value is -2.24. The Bertz CT molecular complexity index is 564. The number of hydrogen-bond donors (Lipinski definition) is 2. The van der Waals surface area contributed by atoms with E-state index in [0.29, 0.717) is 18.8 Å². The van der Waals surface area contributed by atoms with E-state index in [-0.39, 0.29) is 12.1 Å². The van der Waals surface area contributed by atoms with Gasteiger partial charge in [0.1, 0.15) is 5.60 Å². The number of amides is 3. The van der Waals surface area contributed by atoms with Crippen molar-refractivity contribution in [3.63, 3.8) is 0 Å². The third-order valence-electron chi connectivity index (χ3n) is 3.07. The lowest BCUT2D eigenvalue weighted by molar-refractivity contribution is 0.0242. The third kappa shape index (κ3) is 3.87. The topological polar surface area (TPSA) is 70.7 Å². The van der Waals surface area contributed by atoms with E-state index in [2.05, 4.69) is 10.6 Å². The average Bonchev–Trinajstić information content (AvgIpc) is 2.79. The van der Waals surface area contributed by atoms with E-state index in [0.717, 1.165) is 11.1 Å². The highest BCUT2D eigenvalue weighted by atomic mass is 16.6. The number of anilines is 1. The molecular formula is C15H21N3O3. The van der Waals surface area contributed by atoms with Crippen LogP contribution in [0.15, 0.2) is 18.2 Å². The Morgan fingerprint density at radius 2 is 1.86 bits per heavy atom. The highest BCUT2D eigenvalue weighted by Gasteiger charge is 2.27. The highest BCUT2D eigenvalue weighted by molar-refractivity contribution is 5.89. The molecule has 3 amide bonds. The molecule has 0 unspecified atom stereocenters. The van der Waals surface area contributed by atoms with Gasteiger partial charge in [-0.05, 0) is 44.0 Å². The van der Waals surface area contributed by atoms with Gasteiger partial charge in [-0.1, -0.05) is 6.07 Å². The summed E-state index contributed by atoms with van der Waals surface area (Å²) in [6.45, 7) is 6.57. The van der Waals surface area contributed by atoms with E-state index < -0.39 is 5.60 Å². The number of hydrogen-bond acceptors (Lipinski definition) is 3. The van der Waals surface area contributed by atoms with Crippen molar-refractivity contribution < 1.29 is 14.3 Å². The molecule has 0 aromatic heterocycles. The molecule has 114 valence electrons. The second-order valence-corrected chi connectivity index (χ2v) is 6.02. The first-order chi connectivity index (χ1) is 9.78. The van der Waals surface area contributed by atoms with Crippen molar-refractivity contribution in [2.24, 2.45) is 0 Å². The number of urea groups is 1. The Balaban J connectivity index is 2.05. The van der Waals surface area contributed by atoms with Crippen molar-refractivity contribution in [1.29, 1.82) is 0 Å². The summed E-state index contributed by atoms with van der Waals surface area (Å²) in [6, 6.07) is 5.36. The van der Waals surface area contributed by atoms with Crippen molar-refractivity contribution in [3.8, 4) is 0 Å². The molecule has 2 rings (SSSR count). The fourth-order valence-electron chi connectivity index (χ4n) is 2.12. The Kier molecular flexibility index (Phi) is 4.06. The van der Waals surface area contributed by atoms with Gasteiger partial charge in [0, 0.05) is 25.8 Å². The number of nitrogens with zero attached hydrogens (tertiary/aromatic N) is 1. The number of nitrogens with one attached hydrogen (secondary N) is 2. The van der Waals surface area contributed by atoms with Crippen molar-refractivity contribution >= 4 is 17.8 Å². The maximum atomic E-state index is 12.1. The van der Waals surface area contributed by atoms with Crippen molar-refractivity contribution in [1.82, 2.24) is 10.2 Å². The number of carbonyl (C=O) groups excluding carboxylic acids is 2. The Morgan fingerprint density at radius 3 is 2.48 bits per heavy atom. The number of fused-ring (bicyclic) bond motifs is 1. The second kappa shape index (κ2) is 5.63. The van der Waals surface area contributed by atoms with Gasteiger partial charge in [-0.2, -0.15) is 0 Å². The van der Waals surface area contributed by atoms with Gasteiger partial charge in [-0.15, -0.1) is 0 Å². The van der Waals surface area contributed by atoms with Crippen LogP contribution in [0.3, 0.4) is 0 Å². The quantitative estimate of drug-likeness (QED) is 0.835. The van der Waals surface area contributed by atoms with Crippen molar-refractivity contribution in [2.75, 3.05) is 12.4 Å². The van der Waals surface area contributed by atoms with Crippen LogP contribution >= 0.6 is 0 Å². The van der Waals surface area contributed by atoms with Gasteiger partial charge in [0.25, 0.3) is 0 Å². The number of rotatable bonds is 1. The molecule has 1 heterocycles. The summed E-state index contributed by atoms with van der Waals surface area (Å²) in [4.78, 5) is 25.0. The van der Waals surface area contributed by atoms with Gasteiger partial charge >= 0.3 is 12.1 Å². The molecule has 0 radical (unpaired) electrons. The average molecular weight is 291 g/mol. The Morgan fingerprint density at radius 1 is 1.19 bits per heavy atom. The SMILES string of the molecule is CNC(=O)Nc1ccc2c(c1)CN(C(=O)OC(C)(C)C)C2. The van der Waals surface area contributed by atoms with Crippen LogP contribution in [0.25, 0.3) is 0 Å². The molecule has 1 aromatic carbocycles. The minimum atomic E-state index is -0.502. The summed E-state index contributed by atoms with van der Waals surface area (Å²) in [5.41, 5.74) is 2.30. The van der Waals surface area contributed by atoms with E-state index in [1.165, 1.54) is 0 Å². The lowest BCUT2D eigenvalue weighted by Gasteiger charge is -2.24. The summed E-state index contributed by atoms with van der Waals surface area (Å²) in [5, 5.41) is 5.22. The molecule has 1 aliphatic heterocycles. The van der Waals surface area contributed by atoms with Gasteiger partial charge in [0.2, 0.25) is 0 Å². The van der Waals surface area contributed by atoms with E-state index in [1.807, 2.05) is 39.0 Å². The summed E-state index contributed by atoms with van der Waals surface area (Å²) >= 11 is 0. The predicted octanol–water partition coefficient (Wildman–Crippen LogP) is 2.69. The molecule has 1 aromatic rings. The normalized spacial score (nSPS) is 13.6. The molecule has 0 saturated carbocycles. The molecule has 0 bridgehead atoms. The lowest BCUT2D eigenvalue weighted by atomic mass is 10.1. The van der Waals surface area contributed by atoms with Crippen LogP contribution in [0.4, 0.5) is 15.3 Å². The minimum Gasteiger partial charge on any atom is -0.444 e. The zero-order valence-electron chi connectivity index (χ0n) is 12.8. The molecule has 0 saturated heterocycles. The second-order valence-electron chi connectivity index (χ2n) is 6.02. The molecule has 2 N–H and O–H groups in total. The molecule has 21 heavy (non-hydrogen) atoms. The number of carbonyl (C=O) groups is 2. The third-order valence-corrected chi connectivity index (χ3v) is 3.07. The van der Waals surface area contributed by atoms with Crippen LogP contribution in [0.5, 0.6) is 0 Å². The summed E-state index contributed by atoms with van der Waals surface area (Å²) in [6.07, 6.45) is -0.320. The molecule has 0 atom stereocenters. The fraction of sp³-hybridized carbons (Fsp3) is 0.467. The van der Waals surface area contributed by atoms with Gasteiger partial charge < -0.3 is 15.4 Å². The monoisotopic (exact) mass is 291 g/mol. The first kappa shape index (κ1) is 15.2. The van der Waals surface area contributed by atoms with Gasteiger partial charge in [0.15, 0.2) is 0 Å². The maximum absolute atomic E-state index is 12.1. The Labute approximate surface area is 124 Å². The van der Waals surface area contributed by atoms with Crippen LogP contribution in [-0.2, 0) is 17.8 Å². The molecular weight excluding hydrogens is 270 g/mol. The van der Waals surface area contributed by atoms with Crippen LogP contribution < -0.4 is 10.6 Å². The standard InChI is InChI=1S/C15H21N3O3/c1-15(2,3)21-14(20)18-8-10-5-6-12(7-11(10)9-18)17-13(19)16-4/h5-7H,8-9H2,1-4H3,(H2,16,17,19). The molecule has 0 aliphatic carbocycles. The van der Waals surface area contributed by atoms with Crippen LogP contribution in [0.1, 0.15) is 31.9 Å². The summed E-state index contributed by atoms with van der Waals surface area (Å²) in [7, 11) is 1.56. The minimum absolute atomic E-state index is 0.267. The first-order valence-electron chi connectivity index (χ1n) is 6.87. The zero-order valence-corrected chi connectivity index (χ0v) is 12.8. The van der Waals surface area contributed by atoms with Gasteiger partial charge in [-0.3, -0.25) is 4.90 Å². The zero-order chi connectivity index (χ0) is 15.6. The van der Waals surface area contributed by atoms with E-state index >= 15 is 0 Å². The number of ether oxygens (including phenoxy) is 1. The van der Waals surface area contributed by atoms with Crippen molar-refractivity contribution in [3.05, 3.63) is 29.3 Å². The van der Waals surface area contributed by atoms with Crippen molar-refractivity contribution in [2.45, 2.75) is 39.5 Å². The molecule has 6 nitrogen and oxygen atoms in total. The molecule has 6 heteroatoms. The largest absolute Gasteiger partial charge is 0.444 e. The summed E-state index contributed by atoms with van der Waals surface area (Å²) in [5.74, 6) is 0. The molecule has 0 fully saturated rings. The predicted molar refractivity (Wildman–Crippen MR) is 80.0 cm³/mol. The molecule has 1 aliphatic rings.